The Kier molecular flexibility index (Phi) is 6.82. The van der Waals surface area contributed by atoms with Gasteiger partial charge in [0.05, 0.1) is 19.1 Å². The molecule has 0 aromatic heterocycles. The highest BCUT2D eigenvalue weighted by molar-refractivity contribution is 5.92. The van der Waals surface area contributed by atoms with Crippen LogP contribution in [0.25, 0.3) is 0 Å². The van der Waals surface area contributed by atoms with Gasteiger partial charge in [-0.2, -0.15) is 0 Å². The number of carbonyl (C=O) groups is 2. The zero-order valence-corrected chi connectivity index (χ0v) is 16.5. The molecule has 1 heterocycles. The molecule has 3 rings (SSSR count). The predicted octanol–water partition coefficient (Wildman–Crippen LogP) is 2.82. The van der Waals surface area contributed by atoms with E-state index in [1.54, 1.807) is 4.90 Å². The van der Waals surface area contributed by atoms with Crippen LogP contribution in [0.15, 0.2) is 60.7 Å². The maximum absolute atomic E-state index is 13.3. The zero-order valence-electron chi connectivity index (χ0n) is 16.5. The fourth-order valence-electron chi connectivity index (χ4n) is 3.52. The van der Waals surface area contributed by atoms with Crippen molar-refractivity contribution in [2.24, 2.45) is 5.92 Å². The quantitative estimate of drug-likeness (QED) is 0.838. The number of hydrogen-bond donors (Lipinski definition) is 1. The van der Waals surface area contributed by atoms with E-state index in [0.29, 0.717) is 26.3 Å². The topological polar surface area (TPSA) is 58.6 Å². The summed E-state index contributed by atoms with van der Waals surface area (Å²) < 4.78 is 5.34. The molecule has 2 aromatic carbocycles. The summed E-state index contributed by atoms with van der Waals surface area (Å²) in [5.74, 6) is -0.656. The first-order valence-electron chi connectivity index (χ1n) is 9.84. The van der Waals surface area contributed by atoms with Crippen LogP contribution in [0.4, 0.5) is 0 Å². The molecule has 0 aliphatic carbocycles. The lowest BCUT2D eigenvalue weighted by Gasteiger charge is -2.33. The van der Waals surface area contributed by atoms with Gasteiger partial charge in [-0.15, -0.1) is 0 Å². The number of carbonyl (C=O) groups excluding carboxylic acids is 2. The maximum Gasteiger partial charge on any atom is 0.245 e. The first-order valence-corrected chi connectivity index (χ1v) is 9.84. The number of amides is 2. The maximum atomic E-state index is 13.3. The Balaban J connectivity index is 1.84. The molecule has 0 radical (unpaired) electrons. The molecular weight excluding hydrogens is 352 g/mol. The van der Waals surface area contributed by atoms with Gasteiger partial charge >= 0.3 is 0 Å². The molecule has 1 saturated heterocycles. The van der Waals surface area contributed by atoms with Gasteiger partial charge in [0.2, 0.25) is 11.8 Å². The second-order valence-corrected chi connectivity index (χ2v) is 7.42. The molecule has 1 atom stereocenters. The molecule has 28 heavy (non-hydrogen) atoms. The Labute approximate surface area is 166 Å². The van der Waals surface area contributed by atoms with Gasteiger partial charge in [0.15, 0.2) is 0 Å². The predicted molar refractivity (Wildman–Crippen MR) is 109 cm³/mol. The third-order valence-electron chi connectivity index (χ3n) is 5.08. The molecule has 0 unspecified atom stereocenters. The average Bonchev–Trinajstić information content (AvgIpc) is 2.74. The van der Waals surface area contributed by atoms with Gasteiger partial charge in [0.1, 0.15) is 6.04 Å². The summed E-state index contributed by atoms with van der Waals surface area (Å²) in [5, 5.41) is 3.04. The molecule has 5 heteroatoms. The van der Waals surface area contributed by atoms with Gasteiger partial charge in [-0.1, -0.05) is 74.5 Å². The van der Waals surface area contributed by atoms with E-state index in [0.717, 1.165) is 11.1 Å². The van der Waals surface area contributed by atoms with Crippen molar-refractivity contribution in [1.82, 2.24) is 10.2 Å². The minimum absolute atomic E-state index is 0.00788. The normalized spacial score (nSPS) is 15.5. The standard InChI is InChI=1S/C23H28N2O3/c1-17(2)21(23(27)25-13-15-28-16-14-25)24-22(26)20(18-9-5-3-6-10-18)19-11-7-4-8-12-19/h3-12,17,20-21H,13-16H2,1-2H3,(H,24,26)/t21-/m1/s1. The van der Waals surface area contributed by atoms with E-state index >= 15 is 0 Å². The van der Waals surface area contributed by atoms with Crippen molar-refractivity contribution in [1.29, 1.82) is 0 Å². The molecule has 1 aliphatic heterocycles. The number of benzene rings is 2. The Morgan fingerprint density at radius 3 is 1.86 bits per heavy atom. The van der Waals surface area contributed by atoms with E-state index in [2.05, 4.69) is 5.32 Å². The van der Waals surface area contributed by atoms with Crippen LogP contribution in [-0.2, 0) is 14.3 Å². The number of rotatable bonds is 6. The molecule has 5 nitrogen and oxygen atoms in total. The number of nitrogens with zero attached hydrogens (tertiary/aromatic N) is 1. The van der Waals surface area contributed by atoms with Crippen molar-refractivity contribution in [3.8, 4) is 0 Å². The highest BCUT2D eigenvalue weighted by atomic mass is 16.5. The summed E-state index contributed by atoms with van der Waals surface area (Å²) in [7, 11) is 0. The van der Waals surface area contributed by atoms with Crippen LogP contribution in [0.5, 0.6) is 0 Å². The molecule has 2 aromatic rings. The molecule has 0 saturated carbocycles. The van der Waals surface area contributed by atoms with Gasteiger partial charge in [-0.3, -0.25) is 9.59 Å². The van der Waals surface area contributed by atoms with Gasteiger partial charge in [0, 0.05) is 13.1 Å². The summed E-state index contributed by atoms with van der Waals surface area (Å²) in [6.45, 7) is 6.15. The van der Waals surface area contributed by atoms with Crippen LogP contribution in [-0.4, -0.2) is 49.1 Å². The second-order valence-electron chi connectivity index (χ2n) is 7.42. The molecule has 1 aliphatic rings. The molecule has 1 N–H and O–H groups in total. The van der Waals surface area contributed by atoms with E-state index in [1.807, 2.05) is 74.5 Å². The molecule has 2 amide bonds. The molecule has 0 bridgehead atoms. The lowest BCUT2D eigenvalue weighted by molar-refractivity contribution is -0.141. The number of ether oxygens (including phenoxy) is 1. The minimum atomic E-state index is -0.555. The number of hydrogen-bond acceptors (Lipinski definition) is 3. The zero-order chi connectivity index (χ0) is 19.9. The summed E-state index contributed by atoms with van der Waals surface area (Å²) in [4.78, 5) is 28.2. The molecule has 0 spiro atoms. The van der Waals surface area contributed by atoms with Crippen LogP contribution >= 0.6 is 0 Å². The SMILES string of the molecule is CC(C)[C@@H](NC(=O)C(c1ccccc1)c1ccccc1)C(=O)N1CCOCC1. The molecular formula is C23H28N2O3. The third kappa shape index (κ3) is 4.78. The Bertz CT molecular complexity index is 731. The van der Waals surface area contributed by atoms with E-state index in [4.69, 9.17) is 4.74 Å². The summed E-state index contributed by atoms with van der Waals surface area (Å²) in [5.41, 5.74) is 1.82. The van der Waals surface area contributed by atoms with Crippen molar-refractivity contribution in [2.45, 2.75) is 25.8 Å². The van der Waals surface area contributed by atoms with Crippen molar-refractivity contribution in [3.63, 3.8) is 0 Å². The lowest BCUT2D eigenvalue weighted by Crippen LogP contribution is -2.54. The largest absolute Gasteiger partial charge is 0.378 e. The van der Waals surface area contributed by atoms with Crippen molar-refractivity contribution in [2.75, 3.05) is 26.3 Å². The van der Waals surface area contributed by atoms with Crippen LogP contribution < -0.4 is 5.32 Å². The lowest BCUT2D eigenvalue weighted by atomic mass is 9.89. The van der Waals surface area contributed by atoms with Gasteiger partial charge in [0.25, 0.3) is 0 Å². The first-order chi connectivity index (χ1) is 13.6. The number of morpholine rings is 1. The van der Waals surface area contributed by atoms with Crippen LogP contribution in [0.1, 0.15) is 30.9 Å². The molecule has 148 valence electrons. The highest BCUT2D eigenvalue weighted by Crippen LogP contribution is 2.25. The Hall–Kier alpha value is -2.66. The van der Waals surface area contributed by atoms with E-state index in [-0.39, 0.29) is 17.7 Å². The molecule has 1 fully saturated rings. The Morgan fingerprint density at radius 1 is 0.893 bits per heavy atom. The third-order valence-corrected chi connectivity index (χ3v) is 5.08. The van der Waals surface area contributed by atoms with Crippen molar-refractivity contribution in [3.05, 3.63) is 71.8 Å². The van der Waals surface area contributed by atoms with Gasteiger partial charge in [-0.05, 0) is 17.0 Å². The van der Waals surface area contributed by atoms with Gasteiger partial charge in [-0.25, -0.2) is 0 Å². The Morgan fingerprint density at radius 2 is 1.39 bits per heavy atom. The number of nitrogens with one attached hydrogen (secondary N) is 1. The minimum Gasteiger partial charge on any atom is -0.378 e. The smallest absolute Gasteiger partial charge is 0.245 e. The van der Waals surface area contributed by atoms with E-state index < -0.39 is 12.0 Å². The highest BCUT2D eigenvalue weighted by Gasteiger charge is 2.32. The summed E-state index contributed by atoms with van der Waals surface area (Å²) in [6.07, 6.45) is 0. The van der Waals surface area contributed by atoms with Crippen LogP contribution in [0.2, 0.25) is 0 Å². The fourth-order valence-corrected chi connectivity index (χ4v) is 3.52. The van der Waals surface area contributed by atoms with Gasteiger partial charge < -0.3 is 15.0 Å². The monoisotopic (exact) mass is 380 g/mol. The second kappa shape index (κ2) is 9.51. The van der Waals surface area contributed by atoms with Crippen molar-refractivity contribution >= 4 is 11.8 Å². The van der Waals surface area contributed by atoms with Crippen LogP contribution in [0, 0.1) is 5.92 Å². The summed E-state index contributed by atoms with van der Waals surface area (Å²) in [6, 6.07) is 18.8. The van der Waals surface area contributed by atoms with Crippen molar-refractivity contribution < 1.29 is 14.3 Å². The first kappa shape index (κ1) is 20.1. The summed E-state index contributed by atoms with van der Waals surface area (Å²) >= 11 is 0. The van der Waals surface area contributed by atoms with E-state index in [1.165, 1.54) is 0 Å². The average molecular weight is 380 g/mol. The van der Waals surface area contributed by atoms with Crippen LogP contribution in [0.3, 0.4) is 0 Å². The fraction of sp³-hybridized carbons (Fsp3) is 0.391. The van der Waals surface area contributed by atoms with E-state index in [9.17, 15) is 9.59 Å².